The molecule has 2 rings (SSSR count). The molecule has 108 valence electrons. The number of carboxylic acids is 1. The maximum absolute atomic E-state index is 12.5. The van der Waals surface area contributed by atoms with Crippen molar-refractivity contribution >= 4 is 17.6 Å². The number of aromatic carboxylic acids is 1. The standard InChI is InChI=1S/C15H14N2O4/c1-17(12-6-4-3-5-10(12)15(19)20)14(18)11-7-8-16-9-13(11)21-2/h3-9H,1-2H3,(H,19,20). The Balaban J connectivity index is 2.43. The van der Waals surface area contributed by atoms with Crippen LogP contribution in [0.5, 0.6) is 5.75 Å². The smallest absolute Gasteiger partial charge is 0.337 e. The fraction of sp³-hybridized carbons (Fsp3) is 0.133. The topological polar surface area (TPSA) is 79.7 Å². The first-order valence-corrected chi connectivity index (χ1v) is 6.14. The van der Waals surface area contributed by atoms with E-state index in [0.29, 0.717) is 17.0 Å². The molecule has 2 aromatic rings. The number of aromatic nitrogens is 1. The van der Waals surface area contributed by atoms with Crippen molar-refractivity contribution in [2.24, 2.45) is 0 Å². The van der Waals surface area contributed by atoms with Gasteiger partial charge in [-0.1, -0.05) is 12.1 Å². The van der Waals surface area contributed by atoms with E-state index >= 15 is 0 Å². The van der Waals surface area contributed by atoms with Crippen molar-refractivity contribution in [1.29, 1.82) is 0 Å². The van der Waals surface area contributed by atoms with E-state index in [2.05, 4.69) is 4.98 Å². The third-order valence-corrected chi connectivity index (χ3v) is 3.04. The molecule has 0 aliphatic carbocycles. The highest BCUT2D eigenvalue weighted by molar-refractivity contribution is 6.10. The van der Waals surface area contributed by atoms with E-state index in [9.17, 15) is 14.7 Å². The molecule has 0 saturated heterocycles. The quantitative estimate of drug-likeness (QED) is 0.930. The summed E-state index contributed by atoms with van der Waals surface area (Å²) in [6.45, 7) is 0. The monoisotopic (exact) mass is 286 g/mol. The second-order valence-electron chi connectivity index (χ2n) is 4.26. The van der Waals surface area contributed by atoms with Crippen LogP contribution >= 0.6 is 0 Å². The largest absolute Gasteiger partial charge is 0.494 e. The van der Waals surface area contributed by atoms with Crippen molar-refractivity contribution in [3.05, 3.63) is 53.9 Å². The fourth-order valence-electron chi connectivity index (χ4n) is 1.96. The lowest BCUT2D eigenvalue weighted by Gasteiger charge is -2.20. The summed E-state index contributed by atoms with van der Waals surface area (Å²) < 4.78 is 5.10. The van der Waals surface area contributed by atoms with Gasteiger partial charge in [0.15, 0.2) is 0 Å². The van der Waals surface area contributed by atoms with Crippen LogP contribution in [0, 0.1) is 0 Å². The number of ether oxygens (including phenoxy) is 1. The van der Waals surface area contributed by atoms with Crippen molar-refractivity contribution in [3.63, 3.8) is 0 Å². The molecule has 1 amide bonds. The minimum Gasteiger partial charge on any atom is -0.494 e. The van der Waals surface area contributed by atoms with Crippen LogP contribution in [-0.4, -0.2) is 36.1 Å². The highest BCUT2D eigenvalue weighted by Gasteiger charge is 2.21. The molecule has 6 nitrogen and oxygen atoms in total. The minimum atomic E-state index is -1.09. The number of carbonyl (C=O) groups is 2. The lowest BCUT2D eigenvalue weighted by Crippen LogP contribution is -2.28. The van der Waals surface area contributed by atoms with Gasteiger partial charge in [0.25, 0.3) is 5.91 Å². The maximum atomic E-state index is 12.5. The van der Waals surface area contributed by atoms with Gasteiger partial charge in [0.05, 0.1) is 30.1 Å². The van der Waals surface area contributed by atoms with Gasteiger partial charge in [-0.25, -0.2) is 4.79 Å². The van der Waals surface area contributed by atoms with Gasteiger partial charge in [0.2, 0.25) is 0 Å². The number of pyridine rings is 1. The maximum Gasteiger partial charge on any atom is 0.337 e. The Bertz CT molecular complexity index is 685. The van der Waals surface area contributed by atoms with E-state index in [1.54, 1.807) is 18.2 Å². The highest BCUT2D eigenvalue weighted by atomic mass is 16.5. The zero-order valence-corrected chi connectivity index (χ0v) is 11.6. The van der Waals surface area contributed by atoms with Crippen LogP contribution in [0.25, 0.3) is 0 Å². The summed E-state index contributed by atoms with van der Waals surface area (Å²) in [5, 5.41) is 9.19. The molecule has 0 bridgehead atoms. The van der Waals surface area contributed by atoms with Crippen LogP contribution in [0.4, 0.5) is 5.69 Å². The van der Waals surface area contributed by atoms with E-state index in [1.807, 2.05) is 0 Å². The molecule has 21 heavy (non-hydrogen) atoms. The number of carboxylic acid groups (broad SMARTS) is 1. The predicted molar refractivity (Wildman–Crippen MR) is 76.9 cm³/mol. The molecule has 0 radical (unpaired) electrons. The number of amides is 1. The van der Waals surface area contributed by atoms with Crippen LogP contribution in [-0.2, 0) is 0 Å². The summed E-state index contributed by atoms with van der Waals surface area (Å²) in [7, 11) is 2.96. The predicted octanol–water partition coefficient (Wildman–Crippen LogP) is 2.06. The Hall–Kier alpha value is -2.89. The molecule has 0 unspecified atom stereocenters. The average molecular weight is 286 g/mol. The average Bonchev–Trinajstić information content (AvgIpc) is 2.53. The number of hydrogen-bond donors (Lipinski definition) is 1. The number of carbonyl (C=O) groups excluding carboxylic acids is 1. The molecule has 0 saturated carbocycles. The summed E-state index contributed by atoms with van der Waals surface area (Å²) >= 11 is 0. The van der Waals surface area contributed by atoms with Gasteiger partial charge in [0.1, 0.15) is 5.75 Å². The first-order valence-electron chi connectivity index (χ1n) is 6.14. The molecule has 0 fully saturated rings. The Morgan fingerprint density at radius 1 is 1.19 bits per heavy atom. The molecule has 1 aromatic heterocycles. The number of nitrogens with zero attached hydrogens (tertiary/aromatic N) is 2. The zero-order chi connectivity index (χ0) is 15.4. The molecule has 0 spiro atoms. The van der Waals surface area contributed by atoms with Gasteiger partial charge in [-0.2, -0.15) is 0 Å². The number of methoxy groups -OCH3 is 1. The number of hydrogen-bond acceptors (Lipinski definition) is 4. The number of anilines is 1. The van der Waals surface area contributed by atoms with E-state index in [0.717, 1.165) is 0 Å². The Kier molecular flexibility index (Phi) is 4.18. The third-order valence-electron chi connectivity index (χ3n) is 3.04. The van der Waals surface area contributed by atoms with E-state index in [4.69, 9.17) is 4.74 Å². The SMILES string of the molecule is COc1cnccc1C(=O)N(C)c1ccccc1C(=O)O. The number of benzene rings is 1. The van der Waals surface area contributed by atoms with Crippen LogP contribution in [0.1, 0.15) is 20.7 Å². The van der Waals surface area contributed by atoms with Crippen LogP contribution in [0.15, 0.2) is 42.7 Å². The first-order chi connectivity index (χ1) is 10.1. The molecular weight excluding hydrogens is 272 g/mol. The van der Waals surface area contributed by atoms with E-state index in [-0.39, 0.29) is 11.5 Å². The second kappa shape index (κ2) is 6.04. The summed E-state index contributed by atoms with van der Waals surface area (Å²) in [5.74, 6) is -1.13. The van der Waals surface area contributed by atoms with Crippen molar-refractivity contribution in [2.45, 2.75) is 0 Å². The highest BCUT2D eigenvalue weighted by Crippen LogP contribution is 2.24. The second-order valence-corrected chi connectivity index (χ2v) is 4.26. The third kappa shape index (κ3) is 2.84. The first kappa shape index (κ1) is 14.5. The number of rotatable bonds is 4. The summed E-state index contributed by atoms with van der Waals surface area (Å²) in [6, 6.07) is 7.84. The lowest BCUT2D eigenvalue weighted by molar-refractivity contribution is 0.0697. The summed E-state index contributed by atoms with van der Waals surface area (Å²) in [4.78, 5) is 28.9. The molecule has 0 aliphatic heterocycles. The van der Waals surface area contributed by atoms with Gasteiger partial charge in [-0.15, -0.1) is 0 Å². The van der Waals surface area contributed by atoms with Crippen molar-refractivity contribution < 1.29 is 19.4 Å². The van der Waals surface area contributed by atoms with Crippen LogP contribution in [0.2, 0.25) is 0 Å². The molecule has 1 N–H and O–H groups in total. The minimum absolute atomic E-state index is 0.0568. The molecule has 6 heteroatoms. The molecule has 1 heterocycles. The summed E-state index contributed by atoms with van der Waals surface area (Å²) in [5.41, 5.74) is 0.686. The normalized spacial score (nSPS) is 10.0. The van der Waals surface area contributed by atoms with Crippen molar-refractivity contribution in [1.82, 2.24) is 4.98 Å². The molecular formula is C15H14N2O4. The van der Waals surface area contributed by atoms with Crippen molar-refractivity contribution in [3.8, 4) is 5.75 Å². The molecule has 0 atom stereocenters. The molecule has 0 aliphatic rings. The zero-order valence-electron chi connectivity index (χ0n) is 11.6. The van der Waals surface area contributed by atoms with Gasteiger partial charge >= 0.3 is 5.97 Å². The van der Waals surface area contributed by atoms with Gasteiger partial charge in [0, 0.05) is 13.2 Å². The lowest BCUT2D eigenvalue weighted by atomic mass is 10.1. The van der Waals surface area contributed by atoms with Gasteiger partial charge < -0.3 is 14.7 Å². The Morgan fingerprint density at radius 3 is 2.57 bits per heavy atom. The van der Waals surface area contributed by atoms with E-state index in [1.165, 1.54) is 43.6 Å². The Morgan fingerprint density at radius 2 is 1.90 bits per heavy atom. The fourth-order valence-corrected chi connectivity index (χ4v) is 1.96. The van der Waals surface area contributed by atoms with Crippen LogP contribution in [0.3, 0.4) is 0 Å². The molecule has 1 aromatic carbocycles. The van der Waals surface area contributed by atoms with Crippen LogP contribution < -0.4 is 9.64 Å². The number of para-hydroxylation sites is 1. The van der Waals surface area contributed by atoms with Crippen molar-refractivity contribution in [2.75, 3.05) is 19.1 Å². The van der Waals surface area contributed by atoms with Gasteiger partial charge in [-0.3, -0.25) is 9.78 Å². The Labute approximate surface area is 121 Å². The van der Waals surface area contributed by atoms with E-state index < -0.39 is 5.97 Å². The summed E-state index contributed by atoms with van der Waals surface area (Å²) in [6.07, 6.45) is 2.91. The van der Waals surface area contributed by atoms with Gasteiger partial charge in [-0.05, 0) is 18.2 Å².